The molecule has 2 aliphatic rings. The van der Waals surface area contributed by atoms with Crippen LogP contribution >= 0.6 is 9.24 Å². The second-order valence-electron chi connectivity index (χ2n) is 8.24. The number of hydrogen-bond acceptors (Lipinski definition) is 3. The third-order valence-electron chi connectivity index (χ3n) is 6.10. The summed E-state index contributed by atoms with van der Waals surface area (Å²) < 4.78 is 35.9. The van der Waals surface area contributed by atoms with Crippen molar-refractivity contribution in [2.45, 2.75) is 44.6 Å². The van der Waals surface area contributed by atoms with Crippen molar-refractivity contribution in [3.8, 4) is 16.9 Å². The number of aliphatic carboxylic acids is 1. The van der Waals surface area contributed by atoms with Gasteiger partial charge in [-0.25, -0.2) is 8.78 Å². The molecule has 1 unspecified atom stereocenters. The topological polar surface area (TPSA) is 49.8 Å². The molecule has 4 nitrogen and oxygen atoms in total. The van der Waals surface area contributed by atoms with Gasteiger partial charge in [0, 0.05) is 24.8 Å². The minimum atomic E-state index is -0.827. The fourth-order valence-corrected chi connectivity index (χ4v) is 4.37. The molecule has 0 spiro atoms. The predicted molar refractivity (Wildman–Crippen MR) is 117 cm³/mol. The third kappa shape index (κ3) is 4.59. The van der Waals surface area contributed by atoms with Crippen molar-refractivity contribution < 1.29 is 23.4 Å². The van der Waals surface area contributed by atoms with Gasteiger partial charge in [-0.2, -0.15) is 0 Å². The minimum absolute atomic E-state index is 0.0267. The molecule has 0 bridgehead atoms. The average molecular weight is 433 g/mol. The third-order valence-corrected chi connectivity index (χ3v) is 6.58. The lowest BCUT2D eigenvalue weighted by molar-refractivity contribution is -0.138. The summed E-state index contributed by atoms with van der Waals surface area (Å²) in [5.41, 5.74) is 1.15. The van der Waals surface area contributed by atoms with Crippen LogP contribution in [0, 0.1) is 17.6 Å². The quantitative estimate of drug-likeness (QED) is 0.668. The number of nitrogens with zero attached hydrogens (tertiary/aromatic N) is 1. The number of carbonyl (C=O) groups is 1. The van der Waals surface area contributed by atoms with Crippen LogP contribution in [0.25, 0.3) is 11.1 Å². The van der Waals surface area contributed by atoms with Gasteiger partial charge in [-0.3, -0.25) is 4.79 Å². The van der Waals surface area contributed by atoms with Gasteiger partial charge in [0.2, 0.25) is 0 Å². The van der Waals surface area contributed by atoms with E-state index in [4.69, 9.17) is 9.84 Å². The molecule has 1 atom stereocenters. The fourth-order valence-electron chi connectivity index (χ4n) is 4.13. The number of rotatable bonds is 6. The molecule has 1 N–H and O–H groups in total. The largest absolute Gasteiger partial charge is 0.490 e. The Bertz CT molecular complexity index is 917. The maximum Gasteiger partial charge on any atom is 0.303 e. The number of halogens is 2. The van der Waals surface area contributed by atoms with E-state index in [1.54, 1.807) is 4.90 Å². The molecule has 1 heterocycles. The Morgan fingerprint density at radius 3 is 2.30 bits per heavy atom. The van der Waals surface area contributed by atoms with E-state index in [2.05, 4.69) is 9.24 Å². The van der Waals surface area contributed by atoms with Crippen LogP contribution in [0.3, 0.4) is 0 Å². The molecule has 4 rings (SSSR count). The molecule has 7 heteroatoms. The van der Waals surface area contributed by atoms with E-state index in [9.17, 15) is 13.6 Å². The summed E-state index contributed by atoms with van der Waals surface area (Å²) in [6.45, 7) is 0.901. The average Bonchev–Trinajstić information content (AvgIpc) is 2.66. The second-order valence-corrected chi connectivity index (χ2v) is 8.86. The van der Waals surface area contributed by atoms with Crippen molar-refractivity contribution in [1.29, 1.82) is 0 Å². The molecule has 2 aromatic rings. The van der Waals surface area contributed by atoms with Gasteiger partial charge in [0.05, 0.1) is 6.10 Å². The summed E-state index contributed by atoms with van der Waals surface area (Å²) in [7, 11) is 2.64. The maximum atomic E-state index is 14.9. The van der Waals surface area contributed by atoms with Crippen molar-refractivity contribution in [3.63, 3.8) is 0 Å². The van der Waals surface area contributed by atoms with Gasteiger partial charge in [0.1, 0.15) is 23.1 Å². The van der Waals surface area contributed by atoms with E-state index in [1.165, 1.54) is 18.6 Å². The van der Waals surface area contributed by atoms with Gasteiger partial charge in [0.15, 0.2) is 0 Å². The monoisotopic (exact) mass is 433 g/mol. The van der Waals surface area contributed by atoms with Crippen molar-refractivity contribution in [2.24, 2.45) is 5.92 Å². The van der Waals surface area contributed by atoms with E-state index in [1.807, 2.05) is 18.2 Å². The molecular formula is C23H26F2NO3P. The van der Waals surface area contributed by atoms with Crippen LogP contribution in [-0.4, -0.2) is 30.3 Å². The lowest BCUT2D eigenvalue weighted by Crippen LogP contribution is -2.35. The van der Waals surface area contributed by atoms with Gasteiger partial charge in [-0.05, 0) is 67.3 Å². The van der Waals surface area contributed by atoms with E-state index < -0.39 is 17.6 Å². The number of piperidine rings is 1. The van der Waals surface area contributed by atoms with Crippen molar-refractivity contribution in [2.75, 3.05) is 18.0 Å². The standard InChI is InChI=1S/C23H26F2NO3P/c24-18-11-16(15-4-5-21(30)20(13-15)29-17-2-1-3-17)12-19(25)23(18)26-8-6-14(7-9-26)10-22(27)28/h4-5,11-14,17H,1-3,6-10,30H2,(H,27,28). The highest BCUT2D eigenvalue weighted by molar-refractivity contribution is 7.27. The number of ether oxygens (including phenoxy) is 1. The lowest BCUT2D eigenvalue weighted by atomic mass is 9.93. The first-order chi connectivity index (χ1) is 14.4. The molecule has 0 radical (unpaired) electrons. The van der Waals surface area contributed by atoms with Gasteiger partial charge < -0.3 is 14.7 Å². The molecule has 0 amide bonds. The molecular weight excluding hydrogens is 407 g/mol. The smallest absolute Gasteiger partial charge is 0.303 e. The molecule has 0 aromatic heterocycles. The molecule has 1 aliphatic heterocycles. The molecule has 2 fully saturated rings. The summed E-state index contributed by atoms with van der Waals surface area (Å²) >= 11 is 0. The van der Waals surface area contributed by atoms with Crippen LogP contribution < -0.4 is 14.9 Å². The first-order valence-electron chi connectivity index (χ1n) is 10.4. The number of carboxylic acids is 1. The second kappa shape index (κ2) is 8.89. The van der Waals surface area contributed by atoms with Crippen LogP contribution in [0.4, 0.5) is 14.5 Å². The zero-order valence-electron chi connectivity index (χ0n) is 16.7. The summed E-state index contributed by atoms with van der Waals surface area (Å²) in [4.78, 5) is 12.6. The number of hydrogen-bond donors (Lipinski definition) is 1. The fraction of sp³-hybridized carbons (Fsp3) is 0.435. The molecule has 160 valence electrons. The van der Waals surface area contributed by atoms with Crippen LogP contribution in [0.15, 0.2) is 30.3 Å². The molecule has 30 heavy (non-hydrogen) atoms. The Labute approximate surface area is 177 Å². The maximum absolute atomic E-state index is 14.9. The van der Waals surface area contributed by atoms with Crippen molar-refractivity contribution >= 4 is 26.2 Å². The van der Waals surface area contributed by atoms with Gasteiger partial charge >= 0.3 is 5.97 Å². The Hall–Kier alpha value is -2.20. The summed E-state index contributed by atoms with van der Waals surface area (Å²) in [5.74, 6) is -1.24. The molecule has 1 saturated carbocycles. The van der Waals surface area contributed by atoms with Crippen LogP contribution in [0.1, 0.15) is 38.5 Å². The van der Waals surface area contributed by atoms with Crippen LogP contribution in [0.5, 0.6) is 5.75 Å². The lowest BCUT2D eigenvalue weighted by Gasteiger charge is -2.33. The first kappa shape index (κ1) is 21.0. The first-order valence-corrected chi connectivity index (χ1v) is 11.0. The van der Waals surface area contributed by atoms with Gasteiger partial charge in [0.25, 0.3) is 0 Å². The summed E-state index contributed by atoms with van der Waals surface area (Å²) in [6.07, 6.45) is 4.80. The van der Waals surface area contributed by atoms with Crippen molar-refractivity contribution in [1.82, 2.24) is 0 Å². The Balaban J connectivity index is 1.53. The molecule has 2 aromatic carbocycles. The van der Waals surface area contributed by atoms with E-state index in [0.717, 1.165) is 23.9 Å². The number of benzene rings is 2. The zero-order valence-corrected chi connectivity index (χ0v) is 17.9. The van der Waals surface area contributed by atoms with E-state index in [-0.39, 0.29) is 24.1 Å². The Morgan fingerprint density at radius 1 is 1.07 bits per heavy atom. The highest BCUT2D eigenvalue weighted by Crippen LogP contribution is 2.34. The van der Waals surface area contributed by atoms with Crippen LogP contribution in [-0.2, 0) is 4.79 Å². The SMILES string of the molecule is O=C(O)CC1CCN(c2c(F)cc(-c3ccc(P)c(OC4CCC4)c3)cc2F)CC1. The van der Waals surface area contributed by atoms with Crippen LogP contribution in [0.2, 0.25) is 0 Å². The van der Waals surface area contributed by atoms with Gasteiger partial charge in [-0.1, -0.05) is 12.1 Å². The highest BCUT2D eigenvalue weighted by atomic mass is 31.0. The van der Waals surface area contributed by atoms with E-state index in [0.29, 0.717) is 37.1 Å². The number of anilines is 1. The van der Waals surface area contributed by atoms with Crippen molar-refractivity contribution in [3.05, 3.63) is 42.0 Å². The summed E-state index contributed by atoms with van der Waals surface area (Å²) in [6, 6.07) is 8.29. The van der Waals surface area contributed by atoms with Gasteiger partial charge in [-0.15, -0.1) is 9.24 Å². The minimum Gasteiger partial charge on any atom is -0.490 e. The molecule has 1 saturated heterocycles. The van der Waals surface area contributed by atoms with E-state index >= 15 is 0 Å². The summed E-state index contributed by atoms with van der Waals surface area (Å²) in [5, 5.41) is 9.86. The zero-order chi connectivity index (χ0) is 21.3. The molecule has 1 aliphatic carbocycles. The number of carboxylic acid groups (broad SMARTS) is 1. The Kier molecular flexibility index (Phi) is 6.24. The normalized spacial score (nSPS) is 17.6. The predicted octanol–water partition coefficient (Wildman–Crippen LogP) is 4.75. The Morgan fingerprint density at radius 2 is 1.73 bits per heavy atom. The highest BCUT2D eigenvalue weighted by Gasteiger charge is 2.26.